The average Bonchev–Trinajstić information content (AvgIpc) is 2.82. The van der Waals surface area contributed by atoms with Crippen LogP contribution in [0.25, 0.3) is 10.9 Å². The van der Waals surface area contributed by atoms with Gasteiger partial charge < -0.3 is 20.3 Å². The van der Waals surface area contributed by atoms with Crippen molar-refractivity contribution in [1.82, 2.24) is 15.3 Å². The molecule has 1 aromatic heterocycles. The van der Waals surface area contributed by atoms with E-state index in [9.17, 15) is 13.2 Å². The standard InChI is InChI=1S/C26H31BrF3N5O/c1-35(2)24-21-7-3-4-8-22(21)33-25(34-24)32-20-13-11-19(12-14-20)31-15-5-6-17-9-10-18(27)16-23(17)36-26(28,29)30/h3-4,7-10,16,19-20,31H,5-6,11-15H2,1-2H3,(H,32,33,34). The molecular formula is C26H31BrF3N5O. The lowest BCUT2D eigenvalue weighted by molar-refractivity contribution is -0.274. The summed E-state index contributed by atoms with van der Waals surface area (Å²) < 4.78 is 42.9. The molecule has 1 aliphatic carbocycles. The highest BCUT2D eigenvalue weighted by molar-refractivity contribution is 9.10. The first-order valence-electron chi connectivity index (χ1n) is 12.2. The van der Waals surface area contributed by atoms with Crippen molar-refractivity contribution in [2.45, 2.75) is 57.0 Å². The summed E-state index contributed by atoms with van der Waals surface area (Å²) in [6, 6.07) is 13.5. The molecule has 36 heavy (non-hydrogen) atoms. The molecule has 3 aromatic rings. The molecule has 2 N–H and O–H groups in total. The van der Waals surface area contributed by atoms with Crippen molar-refractivity contribution < 1.29 is 17.9 Å². The molecule has 6 nitrogen and oxygen atoms in total. The fraction of sp³-hybridized carbons (Fsp3) is 0.462. The van der Waals surface area contributed by atoms with Crippen LogP contribution in [0.15, 0.2) is 46.9 Å². The van der Waals surface area contributed by atoms with Gasteiger partial charge in [0.25, 0.3) is 0 Å². The van der Waals surface area contributed by atoms with E-state index in [4.69, 9.17) is 9.97 Å². The highest BCUT2D eigenvalue weighted by Crippen LogP contribution is 2.30. The molecule has 0 radical (unpaired) electrons. The van der Waals surface area contributed by atoms with Gasteiger partial charge in [0.1, 0.15) is 11.6 Å². The first kappa shape index (κ1) is 26.5. The molecule has 0 aliphatic heterocycles. The minimum absolute atomic E-state index is 0.142. The van der Waals surface area contributed by atoms with Crippen LogP contribution < -0.4 is 20.3 Å². The lowest BCUT2D eigenvalue weighted by Crippen LogP contribution is -2.37. The highest BCUT2D eigenvalue weighted by Gasteiger charge is 2.32. The van der Waals surface area contributed by atoms with Gasteiger partial charge in [0, 0.05) is 36.0 Å². The molecule has 0 unspecified atom stereocenters. The van der Waals surface area contributed by atoms with Crippen molar-refractivity contribution in [3.63, 3.8) is 0 Å². The van der Waals surface area contributed by atoms with Crippen LogP contribution in [0.4, 0.5) is 24.9 Å². The lowest BCUT2D eigenvalue weighted by Gasteiger charge is -2.30. The summed E-state index contributed by atoms with van der Waals surface area (Å²) in [6.07, 6.45) is 0.580. The number of nitrogens with zero attached hydrogens (tertiary/aromatic N) is 3. The minimum atomic E-state index is -4.70. The number of hydrogen-bond donors (Lipinski definition) is 2. The average molecular weight is 566 g/mol. The zero-order valence-corrected chi connectivity index (χ0v) is 22.0. The number of rotatable bonds is 9. The summed E-state index contributed by atoms with van der Waals surface area (Å²) in [5.41, 5.74) is 1.47. The van der Waals surface area contributed by atoms with Gasteiger partial charge in [-0.3, -0.25) is 0 Å². The Balaban J connectivity index is 1.24. The smallest absolute Gasteiger partial charge is 0.405 e. The molecule has 2 aromatic carbocycles. The number of anilines is 2. The summed E-state index contributed by atoms with van der Waals surface area (Å²) in [5, 5.41) is 8.12. The van der Waals surface area contributed by atoms with E-state index in [2.05, 4.69) is 31.3 Å². The number of benzene rings is 2. The Bertz CT molecular complexity index is 1170. The molecule has 0 spiro atoms. The summed E-state index contributed by atoms with van der Waals surface area (Å²) >= 11 is 3.21. The van der Waals surface area contributed by atoms with Crippen molar-refractivity contribution in [3.8, 4) is 5.75 Å². The van der Waals surface area contributed by atoms with E-state index in [1.807, 2.05) is 43.3 Å². The van der Waals surface area contributed by atoms with Crippen LogP contribution in [0.1, 0.15) is 37.7 Å². The third-order valence-corrected chi connectivity index (χ3v) is 6.87. The van der Waals surface area contributed by atoms with Crippen molar-refractivity contribution in [2.75, 3.05) is 30.9 Å². The maximum atomic E-state index is 12.7. The Morgan fingerprint density at radius 3 is 2.47 bits per heavy atom. The molecule has 10 heteroatoms. The fourth-order valence-corrected chi connectivity index (χ4v) is 4.97. The molecular weight excluding hydrogens is 535 g/mol. The third-order valence-electron chi connectivity index (χ3n) is 6.38. The third kappa shape index (κ3) is 7.22. The molecule has 1 heterocycles. The number of nitrogens with one attached hydrogen (secondary N) is 2. The Morgan fingerprint density at radius 1 is 1.03 bits per heavy atom. The number of aromatic nitrogens is 2. The molecule has 0 atom stereocenters. The second kappa shape index (κ2) is 11.6. The molecule has 194 valence electrons. The fourth-order valence-electron chi connectivity index (χ4n) is 4.63. The minimum Gasteiger partial charge on any atom is -0.405 e. The number of para-hydroxylation sites is 1. The van der Waals surface area contributed by atoms with E-state index in [1.165, 1.54) is 6.07 Å². The maximum Gasteiger partial charge on any atom is 0.573 e. The Morgan fingerprint density at radius 2 is 1.75 bits per heavy atom. The van der Waals surface area contributed by atoms with Gasteiger partial charge in [-0.05, 0) is 74.9 Å². The lowest BCUT2D eigenvalue weighted by atomic mass is 9.91. The summed E-state index contributed by atoms with van der Waals surface area (Å²) in [5.74, 6) is 1.41. The van der Waals surface area contributed by atoms with E-state index < -0.39 is 6.36 Å². The summed E-state index contributed by atoms with van der Waals surface area (Å²) in [6.45, 7) is 0.740. The van der Waals surface area contributed by atoms with Crippen molar-refractivity contribution in [1.29, 1.82) is 0 Å². The number of ether oxygens (including phenoxy) is 1. The quantitative estimate of drug-likeness (QED) is 0.297. The van der Waals surface area contributed by atoms with Crippen LogP contribution in [0.3, 0.4) is 0 Å². The van der Waals surface area contributed by atoms with Crippen LogP contribution in [0.2, 0.25) is 0 Å². The van der Waals surface area contributed by atoms with E-state index in [0.29, 0.717) is 34.5 Å². The maximum absolute atomic E-state index is 12.7. The van der Waals surface area contributed by atoms with Gasteiger partial charge >= 0.3 is 6.36 Å². The molecule has 1 saturated carbocycles. The molecule has 1 aliphatic rings. The van der Waals surface area contributed by atoms with Crippen LogP contribution in [0.5, 0.6) is 5.75 Å². The monoisotopic (exact) mass is 565 g/mol. The molecule has 0 bridgehead atoms. The first-order valence-corrected chi connectivity index (χ1v) is 13.0. The van der Waals surface area contributed by atoms with Crippen molar-refractivity contribution >= 4 is 38.6 Å². The van der Waals surface area contributed by atoms with E-state index in [-0.39, 0.29) is 5.75 Å². The van der Waals surface area contributed by atoms with E-state index >= 15 is 0 Å². The normalized spacial score (nSPS) is 18.3. The SMILES string of the molecule is CN(C)c1nc(NC2CCC(NCCCc3ccc(Br)cc3OC(F)(F)F)CC2)nc2ccccc12. The summed E-state index contributed by atoms with van der Waals surface area (Å²) in [7, 11) is 3.96. The Hall–Kier alpha value is -2.59. The van der Waals surface area contributed by atoms with Gasteiger partial charge in [0.2, 0.25) is 5.95 Å². The van der Waals surface area contributed by atoms with Gasteiger partial charge in [-0.1, -0.05) is 34.1 Å². The molecule has 0 amide bonds. The number of alkyl halides is 3. The molecule has 4 rings (SSSR count). The number of aryl methyl sites for hydroxylation is 1. The number of halogens is 4. The second-order valence-electron chi connectivity index (χ2n) is 9.33. The molecule has 1 fully saturated rings. The van der Waals surface area contributed by atoms with Gasteiger partial charge in [0.05, 0.1) is 5.52 Å². The Kier molecular flexibility index (Phi) is 8.56. The predicted molar refractivity (Wildman–Crippen MR) is 141 cm³/mol. The van der Waals surface area contributed by atoms with Gasteiger partial charge in [-0.25, -0.2) is 4.98 Å². The zero-order chi connectivity index (χ0) is 25.7. The van der Waals surface area contributed by atoms with Crippen LogP contribution >= 0.6 is 15.9 Å². The van der Waals surface area contributed by atoms with E-state index in [1.54, 1.807) is 12.1 Å². The van der Waals surface area contributed by atoms with Crippen molar-refractivity contribution in [2.24, 2.45) is 0 Å². The highest BCUT2D eigenvalue weighted by atomic mass is 79.9. The van der Waals surface area contributed by atoms with Gasteiger partial charge in [0.15, 0.2) is 0 Å². The van der Waals surface area contributed by atoms with Crippen LogP contribution in [-0.2, 0) is 6.42 Å². The topological polar surface area (TPSA) is 62.3 Å². The van der Waals surface area contributed by atoms with Crippen molar-refractivity contribution in [3.05, 3.63) is 52.5 Å². The zero-order valence-electron chi connectivity index (χ0n) is 20.4. The summed E-state index contributed by atoms with van der Waals surface area (Å²) in [4.78, 5) is 11.5. The number of hydrogen-bond acceptors (Lipinski definition) is 6. The predicted octanol–water partition coefficient (Wildman–Crippen LogP) is 6.30. The van der Waals surface area contributed by atoms with E-state index in [0.717, 1.165) is 55.4 Å². The first-order chi connectivity index (χ1) is 17.2. The molecule has 0 saturated heterocycles. The second-order valence-corrected chi connectivity index (χ2v) is 10.2. The number of fused-ring (bicyclic) bond motifs is 1. The Labute approximate surface area is 217 Å². The largest absolute Gasteiger partial charge is 0.573 e. The van der Waals surface area contributed by atoms with Gasteiger partial charge in [-0.15, -0.1) is 13.2 Å². The van der Waals surface area contributed by atoms with Crippen LogP contribution in [-0.4, -0.2) is 49.1 Å². The van der Waals surface area contributed by atoms with Gasteiger partial charge in [-0.2, -0.15) is 4.98 Å². The van der Waals surface area contributed by atoms with Crippen LogP contribution in [0, 0.1) is 0 Å².